The maximum absolute atomic E-state index is 12.7. The Morgan fingerprint density at radius 1 is 1.18 bits per heavy atom. The quantitative estimate of drug-likeness (QED) is 0.907. The third-order valence-electron chi connectivity index (χ3n) is 5.16. The minimum atomic E-state index is -0.535. The summed E-state index contributed by atoms with van der Waals surface area (Å²) in [5.41, 5.74) is 8.30. The number of fused-ring (bicyclic) bond motifs is 2. The van der Waals surface area contributed by atoms with Gasteiger partial charge in [-0.3, -0.25) is 9.69 Å². The smallest absolute Gasteiger partial charge is 0.244 e. The van der Waals surface area contributed by atoms with Crippen LogP contribution < -0.4 is 5.73 Å². The molecular formula is C17H26ClN3O. The zero-order chi connectivity index (χ0) is 15.0. The fourth-order valence-corrected chi connectivity index (χ4v) is 3.62. The second-order valence-corrected chi connectivity index (χ2v) is 6.51. The first-order valence-electron chi connectivity index (χ1n) is 7.89. The topological polar surface area (TPSA) is 49.6 Å². The van der Waals surface area contributed by atoms with E-state index in [-0.39, 0.29) is 18.3 Å². The van der Waals surface area contributed by atoms with Crippen molar-refractivity contribution in [2.24, 2.45) is 5.73 Å². The van der Waals surface area contributed by atoms with E-state index in [0.717, 1.165) is 25.1 Å². The zero-order valence-electron chi connectivity index (χ0n) is 13.4. The largest absolute Gasteiger partial charge is 0.339 e. The number of nitrogens with two attached hydrogens (primary N) is 1. The highest BCUT2D eigenvalue weighted by molar-refractivity contribution is 5.85. The molecule has 2 aliphatic heterocycles. The maximum atomic E-state index is 12.7. The molecule has 1 amide bonds. The van der Waals surface area contributed by atoms with Crippen LogP contribution in [0, 0.1) is 6.92 Å². The molecule has 0 aliphatic carbocycles. The number of hydrogen-bond acceptors (Lipinski definition) is 3. The number of likely N-dealkylation sites (tertiary alicyclic amines) is 1. The molecule has 1 aromatic carbocycles. The first kappa shape index (κ1) is 17.3. The Hall–Kier alpha value is -1.10. The summed E-state index contributed by atoms with van der Waals surface area (Å²) in [5, 5.41) is 0. The predicted octanol–water partition coefficient (Wildman–Crippen LogP) is 2.11. The molecule has 2 heterocycles. The number of halogens is 1. The molecule has 3 atom stereocenters. The van der Waals surface area contributed by atoms with E-state index < -0.39 is 6.04 Å². The third kappa shape index (κ3) is 3.29. The lowest BCUT2D eigenvalue weighted by atomic mass is 10.0. The summed E-state index contributed by atoms with van der Waals surface area (Å²) in [6, 6.07) is 8.58. The van der Waals surface area contributed by atoms with Crippen LogP contribution in [0.3, 0.4) is 0 Å². The van der Waals surface area contributed by atoms with Gasteiger partial charge in [0, 0.05) is 25.2 Å². The predicted molar refractivity (Wildman–Crippen MR) is 91.1 cm³/mol. The summed E-state index contributed by atoms with van der Waals surface area (Å²) in [6.07, 6.45) is 3.54. The second-order valence-electron chi connectivity index (χ2n) is 6.51. The first-order valence-corrected chi connectivity index (χ1v) is 7.89. The van der Waals surface area contributed by atoms with Crippen molar-refractivity contribution in [1.29, 1.82) is 0 Å². The summed E-state index contributed by atoms with van der Waals surface area (Å²) < 4.78 is 0. The van der Waals surface area contributed by atoms with Crippen molar-refractivity contribution in [3.8, 4) is 0 Å². The monoisotopic (exact) mass is 323 g/mol. The Labute approximate surface area is 139 Å². The van der Waals surface area contributed by atoms with Crippen LogP contribution in [0.1, 0.15) is 36.4 Å². The van der Waals surface area contributed by atoms with Crippen molar-refractivity contribution in [3.63, 3.8) is 0 Å². The number of likely N-dealkylation sites (N-methyl/N-ethyl adjacent to an activating group) is 1. The van der Waals surface area contributed by atoms with Gasteiger partial charge in [0.1, 0.15) is 6.04 Å². The van der Waals surface area contributed by atoms with Crippen LogP contribution in [-0.4, -0.2) is 47.9 Å². The summed E-state index contributed by atoms with van der Waals surface area (Å²) in [4.78, 5) is 17.1. The SMILES string of the molecule is Cc1ccc(C(N)C(=O)N2CCC3CCC(C2)N3C)cc1.Cl. The molecular weight excluding hydrogens is 298 g/mol. The summed E-state index contributed by atoms with van der Waals surface area (Å²) >= 11 is 0. The lowest BCUT2D eigenvalue weighted by Gasteiger charge is -2.28. The van der Waals surface area contributed by atoms with Crippen molar-refractivity contribution in [2.45, 2.75) is 44.3 Å². The number of hydrogen-bond donors (Lipinski definition) is 1. The van der Waals surface area contributed by atoms with Crippen LogP contribution in [-0.2, 0) is 4.79 Å². The Morgan fingerprint density at radius 2 is 1.82 bits per heavy atom. The number of rotatable bonds is 2. The summed E-state index contributed by atoms with van der Waals surface area (Å²) in [5.74, 6) is 0.0693. The van der Waals surface area contributed by atoms with Crippen LogP contribution in [0.25, 0.3) is 0 Å². The number of aryl methyl sites for hydroxylation is 1. The fraction of sp³-hybridized carbons (Fsp3) is 0.588. The number of carbonyl (C=O) groups excluding carboxylic acids is 1. The molecule has 122 valence electrons. The molecule has 0 aromatic heterocycles. The summed E-state index contributed by atoms with van der Waals surface area (Å²) in [7, 11) is 2.19. The van der Waals surface area contributed by atoms with Crippen LogP contribution in [0.5, 0.6) is 0 Å². The number of amides is 1. The van der Waals surface area contributed by atoms with Crippen molar-refractivity contribution >= 4 is 18.3 Å². The molecule has 2 N–H and O–H groups in total. The number of carbonyl (C=O) groups is 1. The van der Waals surface area contributed by atoms with Gasteiger partial charge in [0.15, 0.2) is 0 Å². The highest BCUT2D eigenvalue weighted by Crippen LogP contribution is 2.29. The molecule has 3 unspecified atom stereocenters. The molecule has 4 nitrogen and oxygen atoms in total. The average Bonchev–Trinajstić information content (AvgIpc) is 2.71. The molecule has 22 heavy (non-hydrogen) atoms. The van der Waals surface area contributed by atoms with Crippen LogP contribution in [0.15, 0.2) is 24.3 Å². The Kier molecular flexibility index (Phi) is 5.48. The molecule has 0 saturated carbocycles. The van der Waals surface area contributed by atoms with Crippen molar-refractivity contribution in [1.82, 2.24) is 9.80 Å². The minimum Gasteiger partial charge on any atom is -0.339 e. The molecule has 3 rings (SSSR count). The molecule has 2 saturated heterocycles. The van der Waals surface area contributed by atoms with Gasteiger partial charge < -0.3 is 10.6 Å². The van der Waals surface area contributed by atoms with E-state index >= 15 is 0 Å². The van der Waals surface area contributed by atoms with E-state index in [1.807, 2.05) is 36.1 Å². The van der Waals surface area contributed by atoms with E-state index in [1.54, 1.807) is 0 Å². The van der Waals surface area contributed by atoms with E-state index in [1.165, 1.54) is 18.4 Å². The van der Waals surface area contributed by atoms with E-state index in [9.17, 15) is 4.79 Å². The minimum absolute atomic E-state index is 0. The summed E-state index contributed by atoms with van der Waals surface area (Å²) in [6.45, 7) is 3.70. The van der Waals surface area contributed by atoms with Gasteiger partial charge in [-0.15, -0.1) is 12.4 Å². The normalized spacial score (nSPS) is 26.2. The second kappa shape index (κ2) is 6.99. The lowest BCUT2D eigenvalue weighted by Crippen LogP contribution is -2.43. The highest BCUT2D eigenvalue weighted by Gasteiger charge is 2.37. The van der Waals surface area contributed by atoms with Gasteiger partial charge in [0.25, 0.3) is 0 Å². The van der Waals surface area contributed by atoms with Gasteiger partial charge in [-0.25, -0.2) is 0 Å². The van der Waals surface area contributed by atoms with Crippen molar-refractivity contribution in [2.75, 3.05) is 20.1 Å². The van der Waals surface area contributed by atoms with Crippen LogP contribution in [0.2, 0.25) is 0 Å². The highest BCUT2D eigenvalue weighted by atomic mass is 35.5. The van der Waals surface area contributed by atoms with Crippen molar-refractivity contribution < 1.29 is 4.79 Å². The van der Waals surface area contributed by atoms with E-state index in [4.69, 9.17) is 5.73 Å². The first-order chi connectivity index (χ1) is 10.1. The van der Waals surface area contributed by atoms with Crippen LogP contribution >= 0.6 is 12.4 Å². The van der Waals surface area contributed by atoms with E-state index in [2.05, 4.69) is 11.9 Å². The van der Waals surface area contributed by atoms with Crippen molar-refractivity contribution in [3.05, 3.63) is 35.4 Å². The number of benzene rings is 1. The Bertz CT molecular complexity index is 519. The lowest BCUT2D eigenvalue weighted by molar-refractivity contribution is -0.133. The van der Waals surface area contributed by atoms with Gasteiger partial charge in [-0.05, 0) is 38.8 Å². The average molecular weight is 324 g/mol. The van der Waals surface area contributed by atoms with Gasteiger partial charge in [0.05, 0.1) is 0 Å². The Balaban J connectivity index is 0.00000176. The fourth-order valence-electron chi connectivity index (χ4n) is 3.62. The molecule has 0 spiro atoms. The third-order valence-corrected chi connectivity index (χ3v) is 5.16. The van der Waals surface area contributed by atoms with E-state index in [0.29, 0.717) is 12.1 Å². The van der Waals surface area contributed by atoms with Crippen LogP contribution in [0.4, 0.5) is 0 Å². The molecule has 2 aliphatic rings. The molecule has 1 aromatic rings. The van der Waals surface area contributed by atoms with Gasteiger partial charge in [-0.1, -0.05) is 29.8 Å². The number of nitrogens with zero attached hydrogens (tertiary/aromatic N) is 2. The van der Waals surface area contributed by atoms with Gasteiger partial charge >= 0.3 is 0 Å². The van der Waals surface area contributed by atoms with Gasteiger partial charge in [-0.2, -0.15) is 0 Å². The zero-order valence-corrected chi connectivity index (χ0v) is 14.2. The standard InChI is InChI=1S/C17H25N3O.ClH/c1-12-3-5-13(6-4-12)16(18)17(21)20-10-9-14-7-8-15(11-20)19(14)2;/h3-6,14-16H,7-11,18H2,1-2H3;1H. The molecule has 2 bridgehead atoms. The maximum Gasteiger partial charge on any atom is 0.244 e. The Morgan fingerprint density at radius 3 is 2.50 bits per heavy atom. The van der Waals surface area contributed by atoms with Gasteiger partial charge in [0.2, 0.25) is 5.91 Å². The molecule has 5 heteroatoms. The molecule has 0 radical (unpaired) electrons. The molecule has 2 fully saturated rings.